The third-order valence-corrected chi connectivity index (χ3v) is 5.90. The number of anilines is 2. The molecule has 1 amide bonds. The van der Waals surface area contributed by atoms with Gasteiger partial charge in [0.25, 0.3) is 5.91 Å². The van der Waals surface area contributed by atoms with Crippen molar-refractivity contribution in [2.75, 3.05) is 10.6 Å². The van der Waals surface area contributed by atoms with Gasteiger partial charge in [0.1, 0.15) is 11.9 Å². The van der Waals surface area contributed by atoms with Crippen LogP contribution in [0.3, 0.4) is 0 Å². The molecule has 5 rings (SSSR count). The number of carbonyl (C=O) groups is 1. The highest BCUT2D eigenvalue weighted by atomic mass is 35.5. The third kappa shape index (κ3) is 4.08. The highest BCUT2D eigenvalue weighted by Crippen LogP contribution is 2.39. The first-order valence-electron chi connectivity index (χ1n) is 10.2. The fraction of sp³-hybridized carbons (Fsp3) is 0.0833. The second kappa shape index (κ2) is 8.69. The van der Waals surface area contributed by atoms with Crippen LogP contribution in [-0.2, 0) is 4.79 Å². The van der Waals surface area contributed by atoms with Gasteiger partial charge in [0, 0.05) is 33.1 Å². The minimum atomic E-state index is -0.591. The maximum absolute atomic E-state index is 13.4. The van der Waals surface area contributed by atoms with Crippen LogP contribution in [0.5, 0.6) is 0 Å². The van der Waals surface area contributed by atoms with Crippen LogP contribution in [0.15, 0.2) is 84.2 Å². The Hall–Kier alpha value is -3.68. The zero-order chi connectivity index (χ0) is 22.9. The second-order valence-electron chi connectivity index (χ2n) is 7.47. The lowest BCUT2D eigenvalue weighted by atomic mass is 9.95. The molecule has 0 radical (unpaired) electrons. The fourth-order valence-corrected chi connectivity index (χ4v) is 4.14. The zero-order valence-corrected chi connectivity index (χ0v) is 19.0. The first-order chi connectivity index (χ1) is 16.0. The van der Waals surface area contributed by atoms with Crippen LogP contribution in [-0.4, -0.2) is 25.7 Å². The van der Waals surface area contributed by atoms with Gasteiger partial charge in [0.05, 0.1) is 5.57 Å². The van der Waals surface area contributed by atoms with E-state index in [0.29, 0.717) is 38.9 Å². The van der Waals surface area contributed by atoms with Crippen molar-refractivity contribution in [2.45, 2.75) is 13.0 Å². The quantitative estimate of drug-likeness (QED) is 0.401. The third-order valence-electron chi connectivity index (χ3n) is 5.31. The van der Waals surface area contributed by atoms with Gasteiger partial charge in [-0.1, -0.05) is 47.5 Å². The van der Waals surface area contributed by atoms with Gasteiger partial charge in [0.2, 0.25) is 5.95 Å². The molecule has 1 unspecified atom stereocenters. The summed E-state index contributed by atoms with van der Waals surface area (Å²) < 4.78 is 1.69. The summed E-state index contributed by atoms with van der Waals surface area (Å²) in [5, 5.41) is 12.0. The van der Waals surface area contributed by atoms with E-state index in [2.05, 4.69) is 20.6 Å². The molecule has 0 bridgehead atoms. The molecule has 0 saturated carbocycles. The van der Waals surface area contributed by atoms with E-state index in [1.54, 1.807) is 41.2 Å². The molecule has 2 N–H and O–H groups in total. The van der Waals surface area contributed by atoms with Gasteiger partial charge in [-0.05, 0) is 49.4 Å². The SMILES string of the molecule is CC1=C(C(=O)Nc2ccccn2)C(c2ccccc2Cl)n2nc(-c3ccc(Cl)cc3)nc2N1. The molecule has 2 aromatic carbocycles. The number of hydrogen-bond acceptors (Lipinski definition) is 5. The van der Waals surface area contributed by atoms with Crippen LogP contribution in [0.2, 0.25) is 10.0 Å². The largest absolute Gasteiger partial charge is 0.328 e. The van der Waals surface area contributed by atoms with Crippen molar-refractivity contribution in [1.82, 2.24) is 19.7 Å². The number of nitrogens with zero attached hydrogens (tertiary/aromatic N) is 4. The number of rotatable bonds is 4. The summed E-state index contributed by atoms with van der Waals surface area (Å²) >= 11 is 12.6. The molecule has 2 aromatic heterocycles. The number of fused-ring (bicyclic) bond motifs is 1. The van der Waals surface area contributed by atoms with Crippen LogP contribution in [0, 0.1) is 0 Å². The van der Waals surface area contributed by atoms with Crippen LogP contribution >= 0.6 is 23.2 Å². The number of carbonyl (C=O) groups excluding carboxylic acids is 1. The summed E-state index contributed by atoms with van der Waals surface area (Å²) in [6.45, 7) is 1.83. The summed E-state index contributed by atoms with van der Waals surface area (Å²) in [6, 6.07) is 19.4. The Morgan fingerprint density at radius 2 is 1.79 bits per heavy atom. The van der Waals surface area contributed by atoms with E-state index in [1.807, 2.05) is 43.3 Å². The zero-order valence-electron chi connectivity index (χ0n) is 17.5. The highest BCUT2D eigenvalue weighted by Gasteiger charge is 2.35. The van der Waals surface area contributed by atoms with Crippen LogP contribution in [0.25, 0.3) is 11.4 Å². The van der Waals surface area contributed by atoms with Gasteiger partial charge in [-0.15, -0.1) is 5.10 Å². The van der Waals surface area contributed by atoms with Crippen molar-refractivity contribution in [3.8, 4) is 11.4 Å². The molecule has 9 heteroatoms. The summed E-state index contributed by atoms with van der Waals surface area (Å²) in [5.41, 5.74) is 2.66. The number of nitrogens with one attached hydrogen (secondary N) is 2. The number of allylic oxidation sites excluding steroid dienone is 1. The van der Waals surface area contributed by atoms with Crippen LogP contribution in [0.4, 0.5) is 11.8 Å². The molecule has 0 aliphatic carbocycles. The van der Waals surface area contributed by atoms with E-state index in [9.17, 15) is 4.79 Å². The minimum Gasteiger partial charge on any atom is -0.328 e. The van der Waals surface area contributed by atoms with Gasteiger partial charge in [-0.3, -0.25) is 4.79 Å². The second-order valence-corrected chi connectivity index (χ2v) is 8.31. The summed E-state index contributed by atoms with van der Waals surface area (Å²) in [6.07, 6.45) is 1.62. The average molecular weight is 477 g/mol. The van der Waals surface area contributed by atoms with E-state index in [0.717, 1.165) is 11.1 Å². The van der Waals surface area contributed by atoms with Crippen LogP contribution < -0.4 is 10.6 Å². The molecule has 1 aliphatic rings. The molecule has 7 nitrogen and oxygen atoms in total. The minimum absolute atomic E-state index is 0.308. The molecular weight excluding hydrogens is 459 g/mol. The maximum Gasteiger partial charge on any atom is 0.257 e. The summed E-state index contributed by atoms with van der Waals surface area (Å²) in [7, 11) is 0. The fourth-order valence-electron chi connectivity index (χ4n) is 3.77. The summed E-state index contributed by atoms with van der Waals surface area (Å²) in [5.74, 6) is 1.16. The molecule has 1 atom stereocenters. The maximum atomic E-state index is 13.4. The molecule has 1 aliphatic heterocycles. The van der Waals surface area contributed by atoms with E-state index < -0.39 is 6.04 Å². The Morgan fingerprint density at radius 1 is 1.03 bits per heavy atom. The Bertz CT molecular complexity index is 1370. The number of amides is 1. The van der Waals surface area contributed by atoms with Crippen molar-refractivity contribution in [1.29, 1.82) is 0 Å². The monoisotopic (exact) mass is 476 g/mol. The topological polar surface area (TPSA) is 84.7 Å². The van der Waals surface area contributed by atoms with Gasteiger partial charge in [0.15, 0.2) is 5.82 Å². The lowest BCUT2D eigenvalue weighted by Crippen LogP contribution is -2.31. The molecule has 33 heavy (non-hydrogen) atoms. The van der Waals surface area contributed by atoms with Gasteiger partial charge in [-0.25, -0.2) is 9.67 Å². The van der Waals surface area contributed by atoms with Crippen molar-refractivity contribution >= 4 is 40.9 Å². The Morgan fingerprint density at radius 3 is 2.52 bits per heavy atom. The Labute approximate surface area is 200 Å². The lowest BCUT2D eigenvalue weighted by Gasteiger charge is -2.29. The van der Waals surface area contributed by atoms with E-state index in [-0.39, 0.29) is 5.91 Å². The predicted octanol–water partition coefficient (Wildman–Crippen LogP) is 5.57. The number of benzene rings is 2. The van der Waals surface area contributed by atoms with Crippen LogP contribution in [0.1, 0.15) is 18.5 Å². The van der Waals surface area contributed by atoms with E-state index in [1.165, 1.54) is 0 Å². The highest BCUT2D eigenvalue weighted by molar-refractivity contribution is 6.31. The Kier molecular flexibility index (Phi) is 5.58. The van der Waals surface area contributed by atoms with Gasteiger partial charge in [-0.2, -0.15) is 4.98 Å². The van der Waals surface area contributed by atoms with Gasteiger partial charge >= 0.3 is 0 Å². The average Bonchev–Trinajstić information content (AvgIpc) is 3.23. The number of pyridine rings is 1. The number of halogens is 2. The van der Waals surface area contributed by atoms with Gasteiger partial charge < -0.3 is 10.6 Å². The Balaban J connectivity index is 1.62. The van der Waals surface area contributed by atoms with E-state index >= 15 is 0 Å². The molecule has 3 heterocycles. The van der Waals surface area contributed by atoms with Crippen molar-refractivity contribution in [2.24, 2.45) is 0 Å². The van der Waals surface area contributed by atoms with E-state index in [4.69, 9.17) is 28.3 Å². The molecule has 0 spiro atoms. The molecular formula is C24H18Cl2N6O. The van der Waals surface area contributed by atoms with Crippen molar-refractivity contribution in [3.63, 3.8) is 0 Å². The molecule has 0 saturated heterocycles. The first-order valence-corrected chi connectivity index (χ1v) is 10.9. The first kappa shape index (κ1) is 21.2. The molecule has 4 aromatic rings. The van der Waals surface area contributed by atoms with Crippen molar-refractivity contribution in [3.05, 3.63) is 99.8 Å². The lowest BCUT2D eigenvalue weighted by molar-refractivity contribution is -0.113. The summed E-state index contributed by atoms with van der Waals surface area (Å²) in [4.78, 5) is 22.3. The smallest absolute Gasteiger partial charge is 0.257 e. The standard InChI is InChI=1S/C24H18Cl2N6O/c1-14-20(23(33)29-19-8-4-5-13-27-19)21(17-6-2-3-7-18(17)26)32-24(28-14)30-22(31-32)15-9-11-16(25)12-10-15/h2-13,21H,1H3,(H,27,29,33)(H,28,30,31). The molecule has 164 valence electrons. The number of hydrogen-bond donors (Lipinski definition) is 2. The molecule has 0 fully saturated rings. The predicted molar refractivity (Wildman–Crippen MR) is 129 cm³/mol. The normalized spacial score (nSPS) is 15.1. The number of aromatic nitrogens is 4. The van der Waals surface area contributed by atoms with Crippen molar-refractivity contribution < 1.29 is 4.79 Å².